The van der Waals surface area contributed by atoms with Gasteiger partial charge in [-0.25, -0.2) is 12.8 Å². The topological polar surface area (TPSA) is 60.2 Å². The van der Waals surface area contributed by atoms with E-state index in [2.05, 4.69) is 0 Å². The fourth-order valence-corrected chi connectivity index (χ4v) is 3.20. The Morgan fingerprint density at radius 3 is 2.11 bits per heavy atom. The zero-order valence-corrected chi connectivity index (χ0v) is 11.0. The van der Waals surface area contributed by atoms with Crippen molar-refractivity contribution in [1.82, 2.24) is 0 Å². The first kappa shape index (κ1) is 13.7. The number of benzene rings is 2. The minimum Gasteiger partial charge on any atom is -0.326 e. The molecule has 0 atom stereocenters. The second-order valence-corrected chi connectivity index (χ2v) is 6.17. The summed E-state index contributed by atoms with van der Waals surface area (Å²) in [7, 11) is -3.67. The monoisotopic (exact) mass is 279 g/mol. The first-order valence-corrected chi connectivity index (χ1v) is 7.43. The smallest absolute Gasteiger partial charge is 0.185 e. The van der Waals surface area contributed by atoms with E-state index in [1.54, 1.807) is 24.3 Å². The second-order valence-electron chi connectivity index (χ2n) is 4.21. The zero-order chi connectivity index (χ0) is 13.9. The lowest BCUT2D eigenvalue weighted by molar-refractivity contribution is 0.566. The molecular weight excluding hydrogens is 265 g/mol. The summed E-state index contributed by atoms with van der Waals surface area (Å²) < 4.78 is 37.7. The standard InChI is InChI=1S/C14H14FNO2S/c15-13-3-1-2-4-14(13)19(17,18)10-12-7-5-11(9-16)6-8-12/h1-8H,9-10,16H2. The Hall–Kier alpha value is -1.72. The number of rotatable bonds is 4. The number of hydrogen-bond acceptors (Lipinski definition) is 3. The third-order valence-corrected chi connectivity index (χ3v) is 4.50. The summed E-state index contributed by atoms with van der Waals surface area (Å²) in [5, 5.41) is 0. The molecule has 3 nitrogen and oxygen atoms in total. The van der Waals surface area contributed by atoms with Crippen LogP contribution in [0.25, 0.3) is 0 Å². The maximum absolute atomic E-state index is 13.5. The van der Waals surface area contributed by atoms with Crippen molar-refractivity contribution in [1.29, 1.82) is 0 Å². The molecule has 100 valence electrons. The largest absolute Gasteiger partial charge is 0.326 e. The predicted octanol–water partition coefficient (Wildman–Crippen LogP) is 2.26. The second kappa shape index (κ2) is 5.50. The minimum atomic E-state index is -3.67. The Kier molecular flexibility index (Phi) is 3.97. The molecule has 0 heterocycles. The third kappa shape index (κ3) is 3.19. The summed E-state index contributed by atoms with van der Waals surface area (Å²) in [6.07, 6.45) is 0. The molecule has 0 spiro atoms. The molecule has 2 N–H and O–H groups in total. The Balaban J connectivity index is 2.28. The molecule has 0 bridgehead atoms. The van der Waals surface area contributed by atoms with Crippen molar-refractivity contribution in [2.75, 3.05) is 0 Å². The van der Waals surface area contributed by atoms with Crippen LogP contribution in [0.5, 0.6) is 0 Å². The highest BCUT2D eigenvalue weighted by molar-refractivity contribution is 7.90. The van der Waals surface area contributed by atoms with Crippen LogP contribution in [0.2, 0.25) is 0 Å². The van der Waals surface area contributed by atoms with Crippen molar-refractivity contribution in [2.24, 2.45) is 5.73 Å². The van der Waals surface area contributed by atoms with E-state index < -0.39 is 15.7 Å². The van der Waals surface area contributed by atoms with Gasteiger partial charge in [0, 0.05) is 6.54 Å². The number of hydrogen-bond donors (Lipinski definition) is 1. The van der Waals surface area contributed by atoms with Crippen molar-refractivity contribution in [3.8, 4) is 0 Å². The number of nitrogens with two attached hydrogens (primary N) is 1. The van der Waals surface area contributed by atoms with Crippen LogP contribution in [0, 0.1) is 5.82 Å². The van der Waals surface area contributed by atoms with Crippen LogP contribution in [0.1, 0.15) is 11.1 Å². The minimum absolute atomic E-state index is 0.223. The van der Waals surface area contributed by atoms with Gasteiger partial charge in [0.2, 0.25) is 0 Å². The fraction of sp³-hybridized carbons (Fsp3) is 0.143. The molecule has 2 aromatic carbocycles. The quantitative estimate of drug-likeness (QED) is 0.934. The molecule has 0 aliphatic carbocycles. The first-order chi connectivity index (χ1) is 9.03. The molecule has 0 radical (unpaired) electrons. The molecule has 0 unspecified atom stereocenters. The molecule has 2 rings (SSSR count). The highest BCUT2D eigenvalue weighted by atomic mass is 32.2. The maximum Gasteiger partial charge on any atom is 0.185 e. The van der Waals surface area contributed by atoms with Gasteiger partial charge < -0.3 is 5.73 Å². The molecule has 5 heteroatoms. The van der Waals surface area contributed by atoms with Crippen molar-refractivity contribution in [2.45, 2.75) is 17.2 Å². The van der Waals surface area contributed by atoms with E-state index in [9.17, 15) is 12.8 Å². The Morgan fingerprint density at radius 1 is 0.947 bits per heavy atom. The third-order valence-electron chi connectivity index (χ3n) is 2.79. The molecule has 2 aromatic rings. The molecule has 0 saturated heterocycles. The Bertz CT molecular complexity index is 666. The van der Waals surface area contributed by atoms with Crippen LogP contribution in [-0.4, -0.2) is 8.42 Å². The highest BCUT2D eigenvalue weighted by Gasteiger charge is 2.19. The lowest BCUT2D eigenvalue weighted by Gasteiger charge is -2.06. The van der Waals surface area contributed by atoms with Crippen molar-refractivity contribution >= 4 is 9.84 Å². The van der Waals surface area contributed by atoms with Crippen LogP contribution in [0.3, 0.4) is 0 Å². The van der Waals surface area contributed by atoms with Gasteiger partial charge in [0.05, 0.1) is 5.75 Å². The van der Waals surface area contributed by atoms with Gasteiger partial charge in [-0.1, -0.05) is 36.4 Å². The lowest BCUT2D eigenvalue weighted by atomic mass is 10.1. The number of sulfone groups is 1. The molecule has 0 aliphatic rings. The average molecular weight is 279 g/mol. The molecule has 19 heavy (non-hydrogen) atoms. The molecular formula is C14H14FNO2S. The summed E-state index contributed by atoms with van der Waals surface area (Å²) in [5.41, 5.74) is 7.00. The van der Waals surface area contributed by atoms with E-state index in [0.29, 0.717) is 12.1 Å². The molecule has 0 fully saturated rings. The molecule has 0 aromatic heterocycles. The average Bonchev–Trinajstić information content (AvgIpc) is 2.39. The molecule has 0 aliphatic heterocycles. The van der Waals surface area contributed by atoms with E-state index in [1.165, 1.54) is 18.2 Å². The Morgan fingerprint density at radius 2 is 1.53 bits per heavy atom. The van der Waals surface area contributed by atoms with Crippen LogP contribution in [0.15, 0.2) is 53.4 Å². The van der Waals surface area contributed by atoms with Crippen LogP contribution in [-0.2, 0) is 22.1 Å². The summed E-state index contributed by atoms with van der Waals surface area (Å²) >= 11 is 0. The van der Waals surface area contributed by atoms with Crippen LogP contribution < -0.4 is 5.73 Å². The summed E-state index contributed by atoms with van der Waals surface area (Å²) in [4.78, 5) is -0.266. The molecule has 0 amide bonds. The van der Waals surface area contributed by atoms with Gasteiger partial charge in [-0.2, -0.15) is 0 Å². The van der Waals surface area contributed by atoms with E-state index in [0.717, 1.165) is 11.6 Å². The van der Waals surface area contributed by atoms with Gasteiger partial charge >= 0.3 is 0 Å². The number of halogens is 1. The van der Waals surface area contributed by atoms with Crippen molar-refractivity contribution in [3.05, 3.63) is 65.5 Å². The van der Waals surface area contributed by atoms with Gasteiger partial charge in [-0.3, -0.25) is 0 Å². The van der Waals surface area contributed by atoms with Gasteiger partial charge in [0.1, 0.15) is 10.7 Å². The van der Waals surface area contributed by atoms with Gasteiger partial charge in [-0.05, 0) is 23.3 Å². The van der Waals surface area contributed by atoms with Crippen LogP contribution in [0.4, 0.5) is 4.39 Å². The predicted molar refractivity (Wildman–Crippen MR) is 71.6 cm³/mol. The molecule has 0 saturated carbocycles. The van der Waals surface area contributed by atoms with Crippen molar-refractivity contribution in [3.63, 3.8) is 0 Å². The van der Waals surface area contributed by atoms with E-state index in [4.69, 9.17) is 5.73 Å². The van der Waals surface area contributed by atoms with Crippen LogP contribution >= 0.6 is 0 Å². The van der Waals surface area contributed by atoms with Gasteiger partial charge in [-0.15, -0.1) is 0 Å². The van der Waals surface area contributed by atoms with E-state index in [-0.39, 0.29) is 10.6 Å². The van der Waals surface area contributed by atoms with Gasteiger partial charge in [0.25, 0.3) is 0 Å². The van der Waals surface area contributed by atoms with E-state index in [1.807, 2.05) is 0 Å². The van der Waals surface area contributed by atoms with Gasteiger partial charge in [0.15, 0.2) is 9.84 Å². The van der Waals surface area contributed by atoms with Crippen molar-refractivity contribution < 1.29 is 12.8 Å². The first-order valence-electron chi connectivity index (χ1n) is 5.78. The normalized spacial score (nSPS) is 11.5. The SMILES string of the molecule is NCc1ccc(CS(=O)(=O)c2ccccc2F)cc1. The Labute approximate surface area is 111 Å². The van der Waals surface area contributed by atoms with E-state index >= 15 is 0 Å². The summed E-state index contributed by atoms with van der Waals surface area (Å²) in [5.74, 6) is -0.945. The highest BCUT2D eigenvalue weighted by Crippen LogP contribution is 2.19. The zero-order valence-electron chi connectivity index (χ0n) is 10.2. The lowest BCUT2D eigenvalue weighted by Crippen LogP contribution is -2.07. The fourth-order valence-electron chi connectivity index (χ4n) is 1.77. The summed E-state index contributed by atoms with van der Waals surface area (Å²) in [6, 6.07) is 12.3. The maximum atomic E-state index is 13.5. The summed E-state index contributed by atoms with van der Waals surface area (Å²) in [6.45, 7) is 0.403.